The second-order valence-corrected chi connectivity index (χ2v) is 6.57. The molecule has 1 rings (SSSR count). The average molecular weight is 265 g/mol. The maximum atomic E-state index is 13.8. The third-order valence-electron chi connectivity index (χ3n) is 3.78. The molecule has 1 aromatic carbocycles. The molecule has 0 aromatic heterocycles. The molecule has 0 heterocycles. The van der Waals surface area contributed by atoms with Crippen LogP contribution in [0.25, 0.3) is 0 Å². The molecule has 2 atom stereocenters. The highest BCUT2D eigenvalue weighted by atomic mass is 19.1. The van der Waals surface area contributed by atoms with E-state index in [2.05, 4.69) is 39.9 Å². The molecule has 0 saturated heterocycles. The molecule has 0 bridgehead atoms. The fraction of sp³-hybridized carbons (Fsp3) is 0.647. The van der Waals surface area contributed by atoms with Gasteiger partial charge < -0.3 is 5.32 Å². The summed E-state index contributed by atoms with van der Waals surface area (Å²) in [5.41, 5.74) is 0.949. The standard InChI is InChI=1S/C17H28FN/c1-6-13(2)15(12-19-17(3,4)5)11-14-9-7-8-10-16(14)18/h7-10,13,15,19H,6,11-12H2,1-5H3. The van der Waals surface area contributed by atoms with Crippen LogP contribution in [-0.4, -0.2) is 12.1 Å². The summed E-state index contributed by atoms with van der Waals surface area (Å²) < 4.78 is 13.8. The molecule has 2 heteroatoms. The van der Waals surface area contributed by atoms with Crippen LogP contribution in [0, 0.1) is 17.7 Å². The van der Waals surface area contributed by atoms with E-state index >= 15 is 0 Å². The summed E-state index contributed by atoms with van der Waals surface area (Å²) >= 11 is 0. The van der Waals surface area contributed by atoms with Crippen molar-refractivity contribution in [2.45, 2.75) is 53.0 Å². The molecule has 0 aliphatic carbocycles. The molecule has 1 aromatic rings. The third kappa shape index (κ3) is 5.73. The number of nitrogens with one attached hydrogen (secondary N) is 1. The molecule has 108 valence electrons. The van der Waals surface area contributed by atoms with Gasteiger partial charge in [-0.2, -0.15) is 0 Å². The summed E-state index contributed by atoms with van der Waals surface area (Å²) in [5, 5.41) is 3.55. The van der Waals surface area contributed by atoms with E-state index in [0.717, 1.165) is 24.9 Å². The number of rotatable bonds is 6. The van der Waals surface area contributed by atoms with Crippen molar-refractivity contribution >= 4 is 0 Å². The van der Waals surface area contributed by atoms with Crippen molar-refractivity contribution < 1.29 is 4.39 Å². The van der Waals surface area contributed by atoms with Gasteiger partial charge in [0, 0.05) is 5.54 Å². The van der Waals surface area contributed by atoms with Gasteiger partial charge >= 0.3 is 0 Å². The van der Waals surface area contributed by atoms with Crippen molar-refractivity contribution in [3.8, 4) is 0 Å². The van der Waals surface area contributed by atoms with Crippen molar-refractivity contribution in [1.29, 1.82) is 0 Å². The van der Waals surface area contributed by atoms with Crippen LogP contribution in [0.4, 0.5) is 4.39 Å². The zero-order chi connectivity index (χ0) is 14.5. The predicted molar refractivity (Wildman–Crippen MR) is 80.8 cm³/mol. The lowest BCUT2D eigenvalue weighted by atomic mass is 9.85. The third-order valence-corrected chi connectivity index (χ3v) is 3.78. The summed E-state index contributed by atoms with van der Waals surface area (Å²) in [4.78, 5) is 0. The normalized spacial score (nSPS) is 15.3. The first kappa shape index (κ1) is 16.2. The van der Waals surface area contributed by atoms with Crippen LogP contribution in [0.2, 0.25) is 0 Å². The molecule has 0 aliphatic rings. The van der Waals surface area contributed by atoms with Gasteiger partial charge in [0.2, 0.25) is 0 Å². The second-order valence-electron chi connectivity index (χ2n) is 6.57. The van der Waals surface area contributed by atoms with Crippen LogP contribution in [0.1, 0.15) is 46.6 Å². The van der Waals surface area contributed by atoms with Crippen LogP contribution < -0.4 is 5.32 Å². The van der Waals surface area contributed by atoms with E-state index in [1.807, 2.05) is 12.1 Å². The van der Waals surface area contributed by atoms with E-state index in [1.165, 1.54) is 0 Å². The van der Waals surface area contributed by atoms with Crippen molar-refractivity contribution in [3.63, 3.8) is 0 Å². The Labute approximate surface area is 117 Å². The molecule has 1 N–H and O–H groups in total. The Morgan fingerprint density at radius 1 is 1.21 bits per heavy atom. The zero-order valence-corrected chi connectivity index (χ0v) is 13.0. The lowest BCUT2D eigenvalue weighted by molar-refractivity contribution is 0.290. The largest absolute Gasteiger partial charge is 0.312 e. The molecule has 0 fully saturated rings. The molecule has 0 spiro atoms. The highest BCUT2D eigenvalue weighted by Crippen LogP contribution is 2.22. The summed E-state index contributed by atoms with van der Waals surface area (Å²) in [6, 6.07) is 7.13. The number of halogens is 1. The summed E-state index contributed by atoms with van der Waals surface area (Å²) in [5.74, 6) is 0.988. The number of hydrogen-bond donors (Lipinski definition) is 1. The number of benzene rings is 1. The van der Waals surface area contributed by atoms with Gasteiger partial charge in [-0.3, -0.25) is 0 Å². The SMILES string of the molecule is CCC(C)C(CNC(C)(C)C)Cc1ccccc1F. The van der Waals surface area contributed by atoms with Crippen molar-refractivity contribution in [2.24, 2.45) is 11.8 Å². The first-order valence-corrected chi connectivity index (χ1v) is 7.32. The predicted octanol–water partition coefficient (Wildman–Crippen LogP) is 4.42. The topological polar surface area (TPSA) is 12.0 Å². The fourth-order valence-corrected chi connectivity index (χ4v) is 2.19. The minimum absolute atomic E-state index is 0.0773. The molecule has 19 heavy (non-hydrogen) atoms. The Morgan fingerprint density at radius 3 is 2.37 bits per heavy atom. The zero-order valence-electron chi connectivity index (χ0n) is 13.0. The lowest BCUT2D eigenvalue weighted by Crippen LogP contribution is -2.41. The van der Waals surface area contributed by atoms with Crippen LogP contribution in [0.3, 0.4) is 0 Å². The molecule has 0 radical (unpaired) electrons. The van der Waals surface area contributed by atoms with E-state index in [4.69, 9.17) is 0 Å². The van der Waals surface area contributed by atoms with E-state index in [1.54, 1.807) is 12.1 Å². The van der Waals surface area contributed by atoms with Gasteiger partial charge in [0.05, 0.1) is 0 Å². The molecule has 2 unspecified atom stereocenters. The van der Waals surface area contributed by atoms with Gasteiger partial charge in [-0.05, 0) is 57.2 Å². The van der Waals surface area contributed by atoms with Crippen LogP contribution in [-0.2, 0) is 6.42 Å². The Morgan fingerprint density at radius 2 is 1.84 bits per heavy atom. The van der Waals surface area contributed by atoms with Crippen molar-refractivity contribution in [1.82, 2.24) is 5.32 Å². The first-order chi connectivity index (χ1) is 8.83. The summed E-state index contributed by atoms with van der Waals surface area (Å²) in [6.45, 7) is 11.9. The van der Waals surface area contributed by atoms with Gasteiger partial charge in [0.15, 0.2) is 0 Å². The quantitative estimate of drug-likeness (QED) is 0.803. The van der Waals surface area contributed by atoms with E-state index < -0.39 is 0 Å². The van der Waals surface area contributed by atoms with Crippen LogP contribution in [0.5, 0.6) is 0 Å². The Kier molecular flexibility index (Phi) is 5.99. The van der Waals surface area contributed by atoms with E-state index in [-0.39, 0.29) is 11.4 Å². The Bertz CT molecular complexity index is 381. The first-order valence-electron chi connectivity index (χ1n) is 7.32. The second kappa shape index (κ2) is 7.04. The summed E-state index contributed by atoms with van der Waals surface area (Å²) in [6.07, 6.45) is 1.94. The highest BCUT2D eigenvalue weighted by molar-refractivity contribution is 5.18. The fourth-order valence-electron chi connectivity index (χ4n) is 2.19. The smallest absolute Gasteiger partial charge is 0.126 e. The van der Waals surface area contributed by atoms with E-state index in [9.17, 15) is 4.39 Å². The molecule has 1 nitrogen and oxygen atoms in total. The van der Waals surface area contributed by atoms with Gasteiger partial charge in [0.25, 0.3) is 0 Å². The van der Waals surface area contributed by atoms with Gasteiger partial charge in [0.1, 0.15) is 5.82 Å². The molecule has 0 aliphatic heterocycles. The van der Waals surface area contributed by atoms with Gasteiger partial charge in [-0.1, -0.05) is 38.5 Å². The lowest BCUT2D eigenvalue weighted by Gasteiger charge is -2.29. The average Bonchev–Trinajstić information content (AvgIpc) is 2.34. The van der Waals surface area contributed by atoms with Gasteiger partial charge in [-0.15, -0.1) is 0 Å². The van der Waals surface area contributed by atoms with Crippen LogP contribution in [0.15, 0.2) is 24.3 Å². The van der Waals surface area contributed by atoms with Crippen LogP contribution >= 0.6 is 0 Å². The molecule has 0 amide bonds. The maximum absolute atomic E-state index is 13.8. The maximum Gasteiger partial charge on any atom is 0.126 e. The van der Waals surface area contributed by atoms with Crippen molar-refractivity contribution in [3.05, 3.63) is 35.6 Å². The summed E-state index contributed by atoms with van der Waals surface area (Å²) in [7, 11) is 0. The van der Waals surface area contributed by atoms with Gasteiger partial charge in [-0.25, -0.2) is 4.39 Å². The minimum Gasteiger partial charge on any atom is -0.312 e. The minimum atomic E-state index is -0.0773. The number of hydrogen-bond acceptors (Lipinski definition) is 1. The monoisotopic (exact) mass is 265 g/mol. The molecular weight excluding hydrogens is 237 g/mol. The molecule has 0 saturated carbocycles. The Balaban J connectivity index is 2.72. The molecular formula is C17H28FN. The Hall–Kier alpha value is -0.890. The van der Waals surface area contributed by atoms with E-state index in [0.29, 0.717) is 11.8 Å². The highest BCUT2D eigenvalue weighted by Gasteiger charge is 2.20. The van der Waals surface area contributed by atoms with Crippen molar-refractivity contribution in [2.75, 3.05) is 6.54 Å².